The van der Waals surface area contributed by atoms with Gasteiger partial charge in [0.2, 0.25) is 5.75 Å². The van der Waals surface area contributed by atoms with Crippen LogP contribution < -0.4 is 14.2 Å². The summed E-state index contributed by atoms with van der Waals surface area (Å²) in [6, 6.07) is 7.86. The normalized spacial score (nSPS) is 16.8. The molecule has 0 spiro atoms. The largest absolute Gasteiger partial charge is 0.493 e. The lowest BCUT2D eigenvalue weighted by Gasteiger charge is -2.31. The molecule has 0 amide bonds. The first-order valence-electron chi connectivity index (χ1n) is 8.31. The number of benzene rings is 1. The third kappa shape index (κ3) is 2.52. The maximum Gasteiger partial charge on any atom is 0.203 e. The Morgan fingerprint density at radius 3 is 2.96 bits per heavy atom. The van der Waals surface area contributed by atoms with Crippen LogP contribution in [0.25, 0.3) is 11.2 Å². The molecule has 3 aromatic rings. The summed E-state index contributed by atoms with van der Waals surface area (Å²) in [6.45, 7) is 2.50. The number of ether oxygens (including phenoxy) is 3. The molecular formula is C17H19B2N3O3. The number of fused-ring (bicyclic) bond motifs is 2. The molecule has 6 nitrogen and oxygen atoms in total. The molecule has 8 heteroatoms. The van der Waals surface area contributed by atoms with Crippen LogP contribution in [0.4, 0.5) is 0 Å². The van der Waals surface area contributed by atoms with Crippen LogP contribution in [0.2, 0.25) is 0 Å². The summed E-state index contributed by atoms with van der Waals surface area (Å²) in [5, 5.41) is -0.393. The second kappa shape index (κ2) is 5.72. The maximum absolute atomic E-state index is 5.97. The quantitative estimate of drug-likeness (QED) is 0.654. The number of nitrogens with zero attached hydrogens (tertiary/aromatic N) is 3. The fraction of sp³-hybridized carbons (Fsp3) is 0.294. The third-order valence-electron chi connectivity index (χ3n) is 4.65. The van der Waals surface area contributed by atoms with Crippen LogP contribution >= 0.6 is 0 Å². The Morgan fingerprint density at radius 2 is 2.16 bits per heavy atom. The van der Waals surface area contributed by atoms with Gasteiger partial charge in [0.25, 0.3) is 0 Å². The highest BCUT2D eigenvalue weighted by Gasteiger charge is 2.30. The van der Waals surface area contributed by atoms with Crippen LogP contribution in [0.1, 0.15) is 12.5 Å². The number of methoxy groups -OCH3 is 1. The fourth-order valence-corrected chi connectivity index (χ4v) is 3.16. The van der Waals surface area contributed by atoms with E-state index in [1.165, 1.54) is 0 Å². The van der Waals surface area contributed by atoms with E-state index in [0.717, 1.165) is 16.7 Å². The van der Waals surface area contributed by atoms with Crippen molar-refractivity contribution in [2.24, 2.45) is 0 Å². The summed E-state index contributed by atoms with van der Waals surface area (Å²) < 4.78 is 19.4. The van der Waals surface area contributed by atoms with Gasteiger partial charge >= 0.3 is 0 Å². The Balaban J connectivity index is 1.86. The average Bonchev–Trinajstić information content (AvgIpc) is 3.05. The molecule has 1 atom stereocenters. The molecule has 0 saturated carbocycles. The van der Waals surface area contributed by atoms with Crippen LogP contribution in [0.3, 0.4) is 0 Å². The minimum Gasteiger partial charge on any atom is -0.493 e. The number of rotatable bonds is 3. The third-order valence-corrected chi connectivity index (χ3v) is 4.65. The molecule has 2 aromatic heterocycles. The molecule has 0 aliphatic carbocycles. The molecule has 126 valence electrons. The minimum absolute atomic E-state index is 0.00584. The fourth-order valence-electron chi connectivity index (χ4n) is 3.16. The second-order valence-electron chi connectivity index (χ2n) is 6.76. The first-order valence-corrected chi connectivity index (χ1v) is 8.31. The van der Waals surface area contributed by atoms with Crippen molar-refractivity contribution >= 4 is 26.9 Å². The molecule has 0 bridgehead atoms. The zero-order chi connectivity index (χ0) is 17.6. The molecule has 1 aliphatic heterocycles. The van der Waals surface area contributed by atoms with Gasteiger partial charge in [0.05, 0.1) is 13.4 Å². The highest BCUT2D eigenvalue weighted by Crippen LogP contribution is 2.43. The van der Waals surface area contributed by atoms with Crippen LogP contribution in [-0.4, -0.2) is 50.0 Å². The zero-order valence-electron chi connectivity index (χ0n) is 14.8. The summed E-state index contributed by atoms with van der Waals surface area (Å²) in [6.07, 6.45) is 3.61. The molecular weight excluding hydrogens is 316 g/mol. The first-order chi connectivity index (χ1) is 12.0. The highest BCUT2D eigenvalue weighted by molar-refractivity contribution is 6.40. The number of pyridine rings is 1. The zero-order valence-corrected chi connectivity index (χ0v) is 14.8. The number of imidazole rings is 1. The van der Waals surface area contributed by atoms with Crippen molar-refractivity contribution in [1.82, 2.24) is 14.5 Å². The van der Waals surface area contributed by atoms with Gasteiger partial charge in [0.15, 0.2) is 17.1 Å². The molecule has 25 heavy (non-hydrogen) atoms. The van der Waals surface area contributed by atoms with Gasteiger partial charge in [-0.25, -0.2) is 9.97 Å². The molecule has 0 saturated heterocycles. The van der Waals surface area contributed by atoms with E-state index in [1.807, 2.05) is 37.5 Å². The van der Waals surface area contributed by atoms with E-state index in [-0.39, 0.29) is 6.10 Å². The summed E-state index contributed by atoms with van der Waals surface area (Å²) in [5.74, 6) is 2.04. The molecule has 0 radical (unpaired) electrons. The molecule has 3 heterocycles. The average molecular weight is 335 g/mol. The Labute approximate surface area is 147 Å². The summed E-state index contributed by atoms with van der Waals surface area (Å²) >= 11 is 0. The predicted molar refractivity (Wildman–Crippen MR) is 100 cm³/mol. The van der Waals surface area contributed by atoms with Crippen molar-refractivity contribution in [2.45, 2.75) is 18.4 Å². The number of hydrogen-bond donors (Lipinski definition) is 0. The van der Waals surface area contributed by atoms with Gasteiger partial charge in [0.1, 0.15) is 33.9 Å². The number of aromatic nitrogens is 3. The Morgan fingerprint density at radius 1 is 1.32 bits per heavy atom. The molecule has 1 unspecified atom stereocenters. The SMILES string of the molecule is BC(B)(c1cc(OC)c2c(c1)OC(C)CO2)n1cnc2cccnc21. The summed E-state index contributed by atoms with van der Waals surface area (Å²) in [5.41, 5.74) is 2.74. The van der Waals surface area contributed by atoms with Crippen LogP contribution in [-0.2, 0) is 5.34 Å². The van der Waals surface area contributed by atoms with Crippen molar-refractivity contribution in [3.8, 4) is 17.2 Å². The molecule has 0 N–H and O–H groups in total. The predicted octanol–water partition coefficient (Wildman–Crippen LogP) is 0.524. The van der Waals surface area contributed by atoms with Crippen molar-refractivity contribution in [3.05, 3.63) is 42.4 Å². The van der Waals surface area contributed by atoms with Crippen molar-refractivity contribution in [1.29, 1.82) is 0 Å². The molecule has 4 rings (SSSR count). The van der Waals surface area contributed by atoms with Crippen molar-refractivity contribution in [3.63, 3.8) is 0 Å². The van der Waals surface area contributed by atoms with E-state index in [1.54, 1.807) is 13.3 Å². The van der Waals surface area contributed by atoms with E-state index in [0.29, 0.717) is 23.9 Å². The van der Waals surface area contributed by atoms with Crippen LogP contribution in [0.15, 0.2) is 36.8 Å². The number of hydrogen-bond acceptors (Lipinski definition) is 5. The van der Waals surface area contributed by atoms with E-state index in [2.05, 4.69) is 30.2 Å². The van der Waals surface area contributed by atoms with Gasteiger partial charge in [-0.05, 0) is 36.8 Å². The van der Waals surface area contributed by atoms with Gasteiger partial charge < -0.3 is 18.8 Å². The standard InChI is InChI=1S/C17H19B2N3O3/c1-10-8-24-15-13(23-2)6-11(7-14(15)25-10)17(18,19)22-9-21-12-4-3-5-20-16(12)22/h3-7,9-10H,8,18-19H2,1-2H3. The molecule has 1 aliphatic rings. The minimum atomic E-state index is -0.393. The van der Waals surface area contributed by atoms with E-state index in [9.17, 15) is 0 Å². The van der Waals surface area contributed by atoms with Gasteiger partial charge in [-0.2, -0.15) is 0 Å². The lowest BCUT2D eigenvalue weighted by atomic mass is 9.57. The van der Waals surface area contributed by atoms with E-state index >= 15 is 0 Å². The Hall–Kier alpha value is -2.63. The molecule has 0 fully saturated rings. The smallest absolute Gasteiger partial charge is 0.203 e. The van der Waals surface area contributed by atoms with Crippen molar-refractivity contribution in [2.75, 3.05) is 13.7 Å². The Kier molecular flexibility index (Phi) is 3.63. The molecule has 1 aromatic carbocycles. The maximum atomic E-state index is 5.97. The first kappa shape index (κ1) is 15.9. The Bertz CT molecular complexity index is 942. The highest BCUT2D eigenvalue weighted by atomic mass is 16.6. The van der Waals surface area contributed by atoms with Gasteiger partial charge in [-0.1, -0.05) is 0 Å². The summed E-state index contributed by atoms with van der Waals surface area (Å²) in [4.78, 5) is 8.95. The topological polar surface area (TPSA) is 58.4 Å². The van der Waals surface area contributed by atoms with Gasteiger partial charge in [-0.15, -0.1) is 0 Å². The van der Waals surface area contributed by atoms with Gasteiger partial charge in [-0.3, -0.25) is 0 Å². The van der Waals surface area contributed by atoms with E-state index in [4.69, 9.17) is 14.2 Å². The van der Waals surface area contributed by atoms with Crippen LogP contribution in [0.5, 0.6) is 17.2 Å². The lowest BCUT2D eigenvalue weighted by Crippen LogP contribution is -2.36. The second-order valence-corrected chi connectivity index (χ2v) is 6.76. The van der Waals surface area contributed by atoms with E-state index < -0.39 is 5.34 Å². The summed E-state index contributed by atoms with van der Waals surface area (Å²) in [7, 11) is 5.89. The van der Waals surface area contributed by atoms with Crippen LogP contribution in [0, 0.1) is 0 Å². The lowest BCUT2D eigenvalue weighted by molar-refractivity contribution is 0.100. The van der Waals surface area contributed by atoms with Gasteiger partial charge in [0, 0.05) is 11.5 Å². The van der Waals surface area contributed by atoms with Crippen molar-refractivity contribution < 1.29 is 14.2 Å². The monoisotopic (exact) mass is 335 g/mol.